The molecule has 0 spiro atoms. The molecule has 24 heavy (non-hydrogen) atoms. The molecule has 1 heterocycles. The van der Waals surface area contributed by atoms with Crippen LogP contribution in [0.5, 0.6) is 5.88 Å². The average Bonchev–Trinajstić information content (AvgIpc) is 2.87. The quantitative estimate of drug-likeness (QED) is 0.441. The summed E-state index contributed by atoms with van der Waals surface area (Å²) in [7, 11) is 0. The fraction of sp³-hybridized carbons (Fsp3) is 0.0625. The van der Waals surface area contributed by atoms with Crippen LogP contribution in [-0.4, -0.2) is 19.6 Å². The third kappa shape index (κ3) is 2.98. The Labute approximate surface area is 136 Å². The monoisotopic (exact) mass is 323 g/mol. The van der Waals surface area contributed by atoms with Crippen molar-refractivity contribution in [3.8, 4) is 11.6 Å². The molecule has 0 saturated heterocycles. The van der Waals surface area contributed by atoms with Crippen LogP contribution in [0.3, 0.4) is 0 Å². The number of imidazole rings is 1. The third-order valence-corrected chi connectivity index (χ3v) is 3.34. The topological polar surface area (TPSA) is 106 Å². The number of rotatable bonds is 4. The maximum Gasteiger partial charge on any atom is 0.269 e. The first kappa shape index (κ1) is 15.3. The lowest BCUT2D eigenvalue weighted by molar-refractivity contribution is -0.384. The first-order valence-corrected chi connectivity index (χ1v) is 7.06. The molecule has 0 aliphatic rings. The molecule has 0 saturated carbocycles. The number of nitro groups is 1. The number of nitrogens with zero attached hydrogens (tertiary/aromatic N) is 5. The standard InChI is InChI=1S/C16H13N5O3/c1-11-17-16(22)15(19-18-12-5-3-2-4-6-12)20(11)13-7-9-14(10-8-13)21(23)24/h2-10,22H,1H3. The summed E-state index contributed by atoms with van der Waals surface area (Å²) in [5, 5.41) is 28.9. The second-order valence-electron chi connectivity index (χ2n) is 4.95. The zero-order chi connectivity index (χ0) is 17.1. The van der Waals surface area contributed by atoms with E-state index in [0.29, 0.717) is 17.2 Å². The van der Waals surface area contributed by atoms with Gasteiger partial charge in [0.25, 0.3) is 11.6 Å². The summed E-state index contributed by atoms with van der Waals surface area (Å²) in [4.78, 5) is 14.3. The van der Waals surface area contributed by atoms with E-state index in [2.05, 4.69) is 15.2 Å². The van der Waals surface area contributed by atoms with Gasteiger partial charge in [-0.15, -0.1) is 10.2 Å². The summed E-state index contributed by atoms with van der Waals surface area (Å²) in [6.07, 6.45) is 0. The van der Waals surface area contributed by atoms with Gasteiger partial charge in [-0.3, -0.25) is 14.7 Å². The maximum atomic E-state index is 10.8. The summed E-state index contributed by atoms with van der Waals surface area (Å²) in [6, 6.07) is 15.0. The highest BCUT2D eigenvalue weighted by atomic mass is 16.6. The van der Waals surface area contributed by atoms with E-state index in [9.17, 15) is 15.2 Å². The Hall–Kier alpha value is -3.55. The first-order chi connectivity index (χ1) is 11.6. The van der Waals surface area contributed by atoms with Crippen molar-refractivity contribution < 1.29 is 10.0 Å². The van der Waals surface area contributed by atoms with Gasteiger partial charge in [-0.05, 0) is 31.2 Å². The molecule has 0 aliphatic heterocycles. The molecule has 0 bridgehead atoms. The molecule has 8 heteroatoms. The van der Waals surface area contributed by atoms with Crippen molar-refractivity contribution in [2.24, 2.45) is 10.2 Å². The number of aryl methyl sites for hydroxylation is 1. The van der Waals surface area contributed by atoms with Crippen LogP contribution >= 0.6 is 0 Å². The number of aromatic hydroxyl groups is 1. The number of azo groups is 1. The van der Waals surface area contributed by atoms with Crippen molar-refractivity contribution in [3.63, 3.8) is 0 Å². The van der Waals surface area contributed by atoms with E-state index in [-0.39, 0.29) is 17.4 Å². The number of aromatic nitrogens is 2. The molecule has 8 nitrogen and oxygen atoms in total. The lowest BCUT2D eigenvalue weighted by Crippen LogP contribution is -1.97. The molecular weight excluding hydrogens is 310 g/mol. The van der Waals surface area contributed by atoms with E-state index in [1.165, 1.54) is 12.1 Å². The number of nitro benzene ring substituents is 1. The van der Waals surface area contributed by atoms with Crippen LogP contribution in [0.2, 0.25) is 0 Å². The van der Waals surface area contributed by atoms with Crippen molar-refractivity contribution in [3.05, 3.63) is 70.5 Å². The van der Waals surface area contributed by atoms with E-state index in [1.807, 2.05) is 18.2 Å². The van der Waals surface area contributed by atoms with Crippen LogP contribution < -0.4 is 0 Å². The number of non-ortho nitro benzene ring substituents is 1. The van der Waals surface area contributed by atoms with Gasteiger partial charge in [0, 0.05) is 17.8 Å². The highest BCUT2D eigenvalue weighted by Crippen LogP contribution is 2.32. The minimum absolute atomic E-state index is 0.0202. The number of hydrogen-bond donors (Lipinski definition) is 1. The van der Waals surface area contributed by atoms with Gasteiger partial charge in [-0.1, -0.05) is 18.2 Å². The fourth-order valence-electron chi connectivity index (χ4n) is 2.23. The van der Waals surface area contributed by atoms with E-state index >= 15 is 0 Å². The molecule has 0 radical (unpaired) electrons. The Morgan fingerprint density at radius 3 is 2.38 bits per heavy atom. The molecule has 3 aromatic rings. The van der Waals surface area contributed by atoms with Crippen molar-refractivity contribution in [1.29, 1.82) is 0 Å². The van der Waals surface area contributed by atoms with Gasteiger partial charge < -0.3 is 5.11 Å². The summed E-state index contributed by atoms with van der Waals surface area (Å²) in [6.45, 7) is 1.70. The highest BCUT2D eigenvalue weighted by Gasteiger charge is 2.16. The molecular formula is C16H13N5O3. The Morgan fingerprint density at radius 1 is 1.08 bits per heavy atom. The van der Waals surface area contributed by atoms with E-state index in [0.717, 1.165) is 0 Å². The summed E-state index contributed by atoms with van der Waals surface area (Å²) in [5.74, 6) is 0.388. The minimum atomic E-state index is -0.474. The molecule has 120 valence electrons. The van der Waals surface area contributed by atoms with Gasteiger partial charge in [0.1, 0.15) is 5.82 Å². The SMILES string of the molecule is Cc1nc(O)c(N=Nc2ccccc2)n1-c1ccc([N+](=O)[O-])cc1. The van der Waals surface area contributed by atoms with Gasteiger partial charge in [0.15, 0.2) is 0 Å². The van der Waals surface area contributed by atoms with E-state index in [1.54, 1.807) is 35.8 Å². The van der Waals surface area contributed by atoms with Gasteiger partial charge in [0.05, 0.1) is 10.6 Å². The maximum absolute atomic E-state index is 10.8. The molecule has 3 rings (SSSR count). The first-order valence-electron chi connectivity index (χ1n) is 7.06. The van der Waals surface area contributed by atoms with Gasteiger partial charge in [0.2, 0.25) is 5.82 Å². The van der Waals surface area contributed by atoms with Crippen molar-refractivity contribution in [2.45, 2.75) is 6.92 Å². The van der Waals surface area contributed by atoms with Crippen LogP contribution in [0, 0.1) is 17.0 Å². The average molecular weight is 323 g/mol. The minimum Gasteiger partial charge on any atom is -0.491 e. The summed E-state index contributed by atoms with van der Waals surface area (Å²) >= 11 is 0. The number of hydrogen-bond acceptors (Lipinski definition) is 6. The molecule has 1 N–H and O–H groups in total. The Bertz CT molecular complexity index is 901. The van der Waals surface area contributed by atoms with Crippen molar-refractivity contribution >= 4 is 17.2 Å². The molecule has 0 unspecified atom stereocenters. The molecule has 0 fully saturated rings. The largest absolute Gasteiger partial charge is 0.491 e. The second kappa shape index (κ2) is 6.29. The molecule has 0 amide bonds. The van der Waals surface area contributed by atoms with Crippen molar-refractivity contribution in [1.82, 2.24) is 9.55 Å². The molecule has 0 aliphatic carbocycles. The predicted octanol–water partition coefficient (Wildman–Crippen LogP) is 4.21. The summed E-state index contributed by atoms with van der Waals surface area (Å²) in [5.41, 5.74) is 1.20. The fourth-order valence-corrected chi connectivity index (χ4v) is 2.23. The molecule has 1 aromatic heterocycles. The highest BCUT2D eigenvalue weighted by molar-refractivity contribution is 5.52. The van der Waals surface area contributed by atoms with Crippen LogP contribution in [0.4, 0.5) is 17.2 Å². The molecule has 0 atom stereocenters. The second-order valence-corrected chi connectivity index (χ2v) is 4.95. The third-order valence-electron chi connectivity index (χ3n) is 3.34. The Balaban J connectivity index is 2.02. The predicted molar refractivity (Wildman–Crippen MR) is 87.2 cm³/mol. The van der Waals surface area contributed by atoms with Gasteiger partial charge in [-0.25, -0.2) is 0 Å². The smallest absolute Gasteiger partial charge is 0.269 e. The normalized spacial score (nSPS) is 11.0. The van der Waals surface area contributed by atoms with E-state index < -0.39 is 4.92 Å². The van der Waals surface area contributed by atoms with Crippen LogP contribution in [-0.2, 0) is 0 Å². The van der Waals surface area contributed by atoms with Gasteiger partial charge >= 0.3 is 0 Å². The zero-order valence-electron chi connectivity index (χ0n) is 12.7. The summed E-state index contributed by atoms with van der Waals surface area (Å²) < 4.78 is 1.57. The van der Waals surface area contributed by atoms with E-state index in [4.69, 9.17) is 0 Å². The zero-order valence-corrected chi connectivity index (χ0v) is 12.7. The van der Waals surface area contributed by atoms with Crippen LogP contribution in [0.1, 0.15) is 5.82 Å². The molecule has 2 aromatic carbocycles. The Morgan fingerprint density at radius 2 is 1.75 bits per heavy atom. The van der Waals surface area contributed by atoms with Crippen molar-refractivity contribution in [2.75, 3.05) is 0 Å². The number of benzene rings is 2. The Kier molecular flexibility index (Phi) is 4.02. The van der Waals surface area contributed by atoms with Gasteiger partial charge in [-0.2, -0.15) is 4.98 Å². The van der Waals surface area contributed by atoms with Crippen LogP contribution in [0.25, 0.3) is 5.69 Å². The van der Waals surface area contributed by atoms with Crippen LogP contribution in [0.15, 0.2) is 64.8 Å². The lowest BCUT2D eigenvalue weighted by atomic mass is 10.3. The lowest BCUT2D eigenvalue weighted by Gasteiger charge is -2.06.